The van der Waals surface area contributed by atoms with Crippen LogP contribution in [0.2, 0.25) is 0 Å². The number of nitrogens with zero attached hydrogens (tertiary/aromatic N) is 3. The average molecular weight is 404 g/mol. The fourth-order valence-electron chi connectivity index (χ4n) is 2.45. The molecule has 1 aliphatic heterocycles. The lowest BCUT2D eigenvalue weighted by molar-refractivity contribution is -0.384. The average Bonchev–Trinajstić information content (AvgIpc) is 2.92. The van der Waals surface area contributed by atoms with Crippen LogP contribution in [0.5, 0.6) is 11.5 Å². The van der Waals surface area contributed by atoms with Crippen molar-refractivity contribution in [3.8, 4) is 11.5 Å². The molecule has 12 nitrogen and oxygen atoms in total. The predicted octanol–water partition coefficient (Wildman–Crippen LogP) is 0.645. The van der Waals surface area contributed by atoms with Gasteiger partial charge in [-0.25, -0.2) is 9.48 Å². The number of rotatable bonds is 5. The number of carbonyl (C=O) groups excluding carboxylic acids is 2. The molecule has 0 bridgehead atoms. The van der Waals surface area contributed by atoms with Crippen molar-refractivity contribution in [3.63, 3.8) is 0 Å². The van der Waals surface area contributed by atoms with Gasteiger partial charge in [0.2, 0.25) is 0 Å². The van der Waals surface area contributed by atoms with Crippen molar-refractivity contribution in [2.45, 2.75) is 6.42 Å². The number of amides is 1. The van der Waals surface area contributed by atoms with Gasteiger partial charge in [0.05, 0.1) is 24.2 Å². The van der Waals surface area contributed by atoms with Crippen molar-refractivity contribution in [3.05, 3.63) is 50.4 Å². The fraction of sp³-hybridized carbons (Fsp3) is 0.294. The van der Waals surface area contributed by atoms with Gasteiger partial charge < -0.3 is 19.5 Å². The number of aromatic nitrogens is 2. The first kappa shape index (κ1) is 19.8. The zero-order valence-corrected chi connectivity index (χ0v) is 15.2. The molecule has 12 heteroatoms. The molecule has 1 amide bonds. The van der Waals surface area contributed by atoms with E-state index in [4.69, 9.17) is 14.2 Å². The van der Waals surface area contributed by atoms with Crippen molar-refractivity contribution >= 4 is 23.3 Å². The molecule has 29 heavy (non-hydrogen) atoms. The van der Waals surface area contributed by atoms with Gasteiger partial charge in [-0.1, -0.05) is 0 Å². The van der Waals surface area contributed by atoms with E-state index in [1.54, 1.807) is 0 Å². The summed E-state index contributed by atoms with van der Waals surface area (Å²) in [7, 11) is 1.36. The van der Waals surface area contributed by atoms with E-state index < -0.39 is 34.7 Å². The van der Waals surface area contributed by atoms with E-state index in [1.165, 1.54) is 13.1 Å². The Morgan fingerprint density at radius 1 is 1.28 bits per heavy atom. The molecule has 152 valence electrons. The lowest BCUT2D eigenvalue weighted by Crippen LogP contribution is -2.24. The predicted molar refractivity (Wildman–Crippen MR) is 97.1 cm³/mol. The number of nitro groups is 1. The lowest BCUT2D eigenvalue weighted by Gasteiger charge is -2.11. The number of fused-ring (bicyclic) bond motifs is 1. The maximum absolute atomic E-state index is 12.1. The third kappa shape index (κ3) is 4.66. The molecule has 0 radical (unpaired) electrons. The molecule has 1 N–H and O–H groups in total. The van der Waals surface area contributed by atoms with Crippen molar-refractivity contribution < 1.29 is 28.7 Å². The van der Waals surface area contributed by atoms with Gasteiger partial charge in [-0.15, -0.1) is 0 Å². The van der Waals surface area contributed by atoms with Crippen molar-refractivity contribution in [1.82, 2.24) is 9.78 Å². The minimum atomic E-state index is -0.927. The first-order valence-corrected chi connectivity index (χ1v) is 8.44. The molecule has 3 rings (SSSR count). The molecule has 0 aliphatic carbocycles. The zero-order valence-electron chi connectivity index (χ0n) is 15.2. The SMILES string of the molecule is Cn1nc(C(=O)OCC(=O)Nc2cc3c(cc2[N+](=O)[O-])OCCCO3)ccc1=O. The highest BCUT2D eigenvalue weighted by atomic mass is 16.6. The molecule has 0 spiro atoms. The van der Waals surface area contributed by atoms with Crippen LogP contribution < -0.4 is 20.3 Å². The number of esters is 1. The van der Waals surface area contributed by atoms with Crippen LogP contribution in [0.1, 0.15) is 16.9 Å². The smallest absolute Gasteiger partial charge is 0.359 e. The molecule has 0 saturated carbocycles. The Hall–Kier alpha value is -3.96. The van der Waals surface area contributed by atoms with E-state index in [9.17, 15) is 24.5 Å². The fourth-order valence-corrected chi connectivity index (χ4v) is 2.45. The van der Waals surface area contributed by atoms with Gasteiger partial charge in [-0.3, -0.25) is 19.7 Å². The van der Waals surface area contributed by atoms with Gasteiger partial charge in [0, 0.05) is 25.6 Å². The Morgan fingerprint density at radius 3 is 2.62 bits per heavy atom. The standard InChI is InChI=1S/C17H16N4O8/c1-20-16(23)4-3-10(19-20)17(24)29-9-15(22)18-11-7-13-14(8-12(11)21(25)26)28-6-2-5-27-13/h3-4,7-8H,2,5-6,9H2,1H3,(H,18,22). The van der Waals surface area contributed by atoms with E-state index in [1.807, 2.05) is 0 Å². The van der Waals surface area contributed by atoms with Gasteiger partial charge >= 0.3 is 5.97 Å². The number of carbonyl (C=O) groups is 2. The number of aryl methyl sites for hydroxylation is 1. The summed E-state index contributed by atoms with van der Waals surface area (Å²) < 4.78 is 16.6. The molecule has 0 fully saturated rings. The monoisotopic (exact) mass is 404 g/mol. The van der Waals surface area contributed by atoms with Crippen molar-refractivity contribution in [1.29, 1.82) is 0 Å². The Balaban J connectivity index is 1.70. The summed E-state index contributed by atoms with van der Waals surface area (Å²) in [5, 5.41) is 17.3. The summed E-state index contributed by atoms with van der Waals surface area (Å²) >= 11 is 0. The number of nitro benzene ring substituents is 1. The molecule has 1 aliphatic rings. The summed E-state index contributed by atoms with van der Waals surface area (Å²) in [4.78, 5) is 46.0. The second kappa shape index (κ2) is 8.37. The number of hydrogen-bond acceptors (Lipinski definition) is 9. The summed E-state index contributed by atoms with van der Waals surface area (Å²) in [6.07, 6.45) is 0.610. The maximum atomic E-state index is 12.1. The molecule has 1 aromatic carbocycles. The molecular weight excluding hydrogens is 388 g/mol. The highest BCUT2D eigenvalue weighted by Gasteiger charge is 2.23. The summed E-state index contributed by atoms with van der Waals surface area (Å²) in [5.74, 6) is -1.26. The van der Waals surface area contributed by atoms with Gasteiger partial charge in [0.25, 0.3) is 17.2 Å². The first-order valence-electron chi connectivity index (χ1n) is 8.44. The number of nitrogens with one attached hydrogen (secondary N) is 1. The molecule has 0 unspecified atom stereocenters. The third-order valence-corrected chi connectivity index (χ3v) is 3.84. The summed E-state index contributed by atoms with van der Waals surface area (Å²) in [6.45, 7) is 0.00225. The van der Waals surface area contributed by atoms with Crippen LogP contribution in [0.3, 0.4) is 0 Å². The second-order valence-electron chi connectivity index (χ2n) is 5.93. The van der Waals surface area contributed by atoms with Crippen molar-refractivity contribution in [2.75, 3.05) is 25.1 Å². The van der Waals surface area contributed by atoms with E-state index in [2.05, 4.69) is 10.4 Å². The van der Waals surface area contributed by atoms with Crippen LogP contribution in [-0.4, -0.2) is 46.4 Å². The number of anilines is 1. The Kier molecular flexibility index (Phi) is 5.71. The third-order valence-electron chi connectivity index (χ3n) is 3.84. The van der Waals surface area contributed by atoms with Gasteiger partial charge in [-0.2, -0.15) is 5.10 Å². The Morgan fingerprint density at radius 2 is 1.97 bits per heavy atom. The van der Waals surface area contributed by atoms with E-state index in [0.717, 1.165) is 22.9 Å². The van der Waals surface area contributed by atoms with Crippen LogP contribution in [0.4, 0.5) is 11.4 Å². The summed E-state index contributed by atoms with van der Waals surface area (Å²) in [6, 6.07) is 4.74. The van der Waals surface area contributed by atoms with E-state index in [0.29, 0.717) is 19.6 Å². The zero-order chi connectivity index (χ0) is 21.0. The van der Waals surface area contributed by atoms with Gasteiger partial charge in [-0.05, 0) is 6.07 Å². The lowest BCUT2D eigenvalue weighted by atomic mass is 10.2. The molecule has 0 saturated heterocycles. The van der Waals surface area contributed by atoms with Crippen LogP contribution in [0.15, 0.2) is 29.1 Å². The van der Waals surface area contributed by atoms with Gasteiger partial charge in [0.15, 0.2) is 23.8 Å². The number of hydrogen-bond donors (Lipinski definition) is 1. The molecule has 1 aromatic heterocycles. The molecule has 2 aromatic rings. The van der Waals surface area contributed by atoms with Gasteiger partial charge in [0.1, 0.15) is 5.69 Å². The van der Waals surface area contributed by atoms with Crippen molar-refractivity contribution in [2.24, 2.45) is 7.05 Å². The van der Waals surface area contributed by atoms with Crippen LogP contribution in [0, 0.1) is 10.1 Å². The Bertz CT molecular complexity index is 1030. The van der Waals surface area contributed by atoms with Crippen LogP contribution >= 0.6 is 0 Å². The second-order valence-corrected chi connectivity index (χ2v) is 5.93. The minimum absolute atomic E-state index is 0.125. The quantitative estimate of drug-likeness (QED) is 0.430. The minimum Gasteiger partial charge on any atom is -0.489 e. The molecule has 0 atom stereocenters. The van der Waals surface area contributed by atoms with E-state index in [-0.39, 0.29) is 22.9 Å². The normalized spacial score (nSPS) is 12.6. The highest BCUT2D eigenvalue weighted by Crippen LogP contribution is 2.39. The molecule has 2 heterocycles. The topological polar surface area (TPSA) is 152 Å². The molecular formula is C17H16N4O8. The number of benzene rings is 1. The maximum Gasteiger partial charge on any atom is 0.359 e. The summed E-state index contributed by atoms with van der Waals surface area (Å²) in [5.41, 5.74) is -1.10. The first-order chi connectivity index (χ1) is 13.8. The van der Waals surface area contributed by atoms with Crippen LogP contribution in [0.25, 0.3) is 0 Å². The van der Waals surface area contributed by atoms with Crippen LogP contribution in [-0.2, 0) is 16.6 Å². The van der Waals surface area contributed by atoms with E-state index >= 15 is 0 Å². The Labute approximate surface area is 163 Å². The largest absolute Gasteiger partial charge is 0.489 e. The number of ether oxygens (including phenoxy) is 3. The highest BCUT2D eigenvalue weighted by molar-refractivity contribution is 5.96.